The quantitative estimate of drug-likeness (QED) is 0.735. The molecule has 2 nitrogen and oxygen atoms in total. The predicted octanol–water partition coefficient (Wildman–Crippen LogP) is 2.59. The molecule has 1 aliphatic carbocycles. The van der Waals surface area contributed by atoms with Crippen LogP contribution in [0.3, 0.4) is 0 Å². The summed E-state index contributed by atoms with van der Waals surface area (Å²) in [5.74, 6) is 3.53. The second-order valence-electron chi connectivity index (χ2n) is 5.92. The monoisotopic (exact) mass is 256 g/mol. The van der Waals surface area contributed by atoms with Gasteiger partial charge in [0.2, 0.25) is 0 Å². The lowest BCUT2D eigenvalue weighted by Crippen LogP contribution is -2.61. The largest absolute Gasteiger partial charge is 0.309 e. The first-order valence-corrected chi connectivity index (χ1v) is 8.38. The molecule has 0 radical (unpaired) electrons. The highest BCUT2D eigenvalue weighted by molar-refractivity contribution is 7.99. The molecule has 0 aromatic rings. The molecule has 2 unspecified atom stereocenters. The van der Waals surface area contributed by atoms with Gasteiger partial charge in [-0.2, -0.15) is 11.8 Å². The van der Waals surface area contributed by atoms with Gasteiger partial charge in [0, 0.05) is 31.2 Å². The molecule has 0 bridgehead atoms. The molecule has 2 rings (SSSR count). The molecular formula is C14H28N2S. The number of nitrogens with one attached hydrogen (secondary N) is 1. The molecule has 1 N–H and O–H groups in total. The van der Waals surface area contributed by atoms with Crippen molar-refractivity contribution < 1.29 is 0 Å². The zero-order chi connectivity index (χ0) is 12.3. The summed E-state index contributed by atoms with van der Waals surface area (Å²) < 4.78 is 0. The van der Waals surface area contributed by atoms with Crippen molar-refractivity contribution in [2.24, 2.45) is 5.92 Å². The van der Waals surface area contributed by atoms with Crippen LogP contribution in [0.5, 0.6) is 0 Å². The summed E-state index contributed by atoms with van der Waals surface area (Å²) in [6.45, 7) is 10.8. The first-order valence-electron chi connectivity index (χ1n) is 7.22. The third-order valence-electron chi connectivity index (χ3n) is 4.45. The van der Waals surface area contributed by atoms with Crippen molar-refractivity contribution in [2.75, 3.05) is 31.1 Å². The Morgan fingerprint density at radius 3 is 2.88 bits per heavy atom. The lowest BCUT2D eigenvalue weighted by atomic mass is 9.92. The van der Waals surface area contributed by atoms with Crippen LogP contribution in [0.1, 0.15) is 40.0 Å². The van der Waals surface area contributed by atoms with Crippen molar-refractivity contribution >= 4 is 11.8 Å². The van der Waals surface area contributed by atoms with E-state index in [4.69, 9.17) is 0 Å². The molecule has 2 aliphatic rings. The van der Waals surface area contributed by atoms with E-state index in [1.165, 1.54) is 50.4 Å². The van der Waals surface area contributed by atoms with Crippen molar-refractivity contribution in [1.29, 1.82) is 0 Å². The number of nitrogens with zero attached hydrogens (tertiary/aromatic N) is 1. The van der Waals surface area contributed by atoms with Gasteiger partial charge >= 0.3 is 0 Å². The minimum absolute atomic E-state index is 0.407. The number of hydrogen-bond donors (Lipinski definition) is 1. The highest BCUT2D eigenvalue weighted by Gasteiger charge is 2.44. The standard InChI is InChI=1S/C14H28N2S/c1-4-17-10-7-12(2)16-9-8-15-14(3,11-16)13-5-6-13/h12-13,15H,4-11H2,1-3H3. The van der Waals surface area contributed by atoms with Gasteiger partial charge in [0.25, 0.3) is 0 Å². The van der Waals surface area contributed by atoms with Crippen molar-refractivity contribution in [1.82, 2.24) is 10.2 Å². The predicted molar refractivity (Wildman–Crippen MR) is 77.8 cm³/mol. The van der Waals surface area contributed by atoms with E-state index in [2.05, 4.69) is 42.7 Å². The van der Waals surface area contributed by atoms with E-state index < -0.39 is 0 Å². The average Bonchev–Trinajstić information content (AvgIpc) is 3.13. The lowest BCUT2D eigenvalue weighted by molar-refractivity contribution is 0.0934. The third-order valence-corrected chi connectivity index (χ3v) is 5.38. The minimum Gasteiger partial charge on any atom is -0.309 e. The maximum absolute atomic E-state index is 3.76. The van der Waals surface area contributed by atoms with Gasteiger partial charge in [-0.25, -0.2) is 0 Å². The van der Waals surface area contributed by atoms with Gasteiger partial charge < -0.3 is 5.32 Å². The molecule has 1 saturated heterocycles. The van der Waals surface area contributed by atoms with Crippen LogP contribution in [0.2, 0.25) is 0 Å². The number of rotatable bonds is 6. The maximum Gasteiger partial charge on any atom is 0.0309 e. The van der Waals surface area contributed by atoms with Crippen molar-refractivity contribution in [3.05, 3.63) is 0 Å². The first kappa shape index (κ1) is 13.7. The second-order valence-corrected chi connectivity index (χ2v) is 7.32. The highest BCUT2D eigenvalue weighted by Crippen LogP contribution is 2.41. The zero-order valence-corrected chi connectivity index (χ0v) is 12.5. The van der Waals surface area contributed by atoms with Crippen LogP contribution < -0.4 is 5.32 Å². The molecule has 0 spiro atoms. The molecule has 3 heteroatoms. The summed E-state index contributed by atoms with van der Waals surface area (Å²) in [6, 6.07) is 0.759. The minimum atomic E-state index is 0.407. The fourth-order valence-corrected chi connectivity index (χ4v) is 3.79. The zero-order valence-electron chi connectivity index (χ0n) is 11.7. The molecule has 1 saturated carbocycles. The molecule has 1 heterocycles. The van der Waals surface area contributed by atoms with Gasteiger partial charge in [0.15, 0.2) is 0 Å². The Morgan fingerprint density at radius 1 is 1.47 bits per heavy atom. The normalized spacial score (nSPS) is 32.6. The first-order chi connectivity index (χ1) is 8.15. The van der Waals surface area contributed by atoms with E-state index in [9.17, 15) is 0 Å². The van der Waals surface area contributed by atoms with Crippen LogP contribution >= 0.6 is 11.8 Å². The van der Waals surface area contributed by atoms with E-state index in [0.29, 0.717) is 5.54 Å². The fourth-order valence-electron chi connectivity index (χ4n) is 2.99. The van der Waals surface area contributed by atoms with Crippen molar-refractivity contribution in [3.63, 3.8) is 0 Å². The molecule has 0 aromatic carbocycles. The van der Waals surface area contributed by atoms with Crippen LogP contribution in [0, 0.1) is 5.92 Å². The third kappa shape index (κ3) is 3.62. The molecule has 0 amide bonds. The van der Waals surface area contributed by atoms with Gasteiger partial charge in [-0.1, -0.05) is 6.92 Å². The summed E-state index contributed by atoms with van der Waals surface area (Å²) in [5, 5.41) is 3.76. The van der Waals surface area contributed by atoms with E-state index >= 15 is 0 Å². The Bertz CT molecular complexity index is 242. The number of thioether (sulfide) groups is 1. The van der Waals surface area contributed by atoms with Crippen molar-refractivity contribution in [3.8, 4) is 0 Å². The summed E-state index contributed by atoms with van der Waals surface area (Å²) in [5.41, 5.74) is 0.407. The van der Waals surface area contributed by atoms with Crippen LogP contribution in [0.15, 0.2) is 0 Å². The Kier molecular flexibility index (Phi) is 4.79. The number of hydrogen-bond acceptors (Lipinski definition) is 3. The second kappa shape index (κ2) is 5.94. The molecule has 2 fully saturated rings. The Labute approximate surface area is 111 Å². The van der Waals surface area contributed by atoms with Crippen LogP contribution in [-0.4, -0.2) is 47.6 Å². The van der Waals surface area contributed by atoms with E-state index in [0.717, 1.165) is 12.0 Å². The smallest absolute Gasteiger partial charge is 0.0309 e. The molecule has 2 atom stereocenters. The van der Waals surface area contributed by atoms with Gasteiger partial charge in [-0.3, -0.25) is 4.90 Å². The maximum atomic E-state index is 3.76. The van der Waals surface area contributed by atoms with Gasteiger partial charge in [0.05, 0.1) is 0 Å². The SMILES string of the molecule is CCSCCC(C)N1CCNC(C)(C2CC2)C1. The van der Waals surface area contributed by atoms with Crippen molar-refractivity contribution in [2.45, 2.75) is 51.6 Å². The van der Waals surface area contributed by atoms with Gasteiger partial charge in [0.1, 0.15) is 0 Å². The fraction of sp³-hybridized carbons (Fsp3) is 1.00. The Balaban J connectivity index is 1.79. The molecule has 0 aromatic heterocycles. The van der Waals surface area contributed by atoms with Crippen LogP contribution in [0.4, 0.5) is 0 Å². The van der Waals surface area contributed by atoms with Gasteiger partial charge in [-0.15, -0.1) is 0 Å². The van der Waals surface area contributed by atoms with E-state index in [-0.39, 0.29) is 0 Å². The molecule has 100 valence electrons. The summed E-state index contributed by atoms with van der Waals surface area (Å²) in [6.07, 6.45) is 4.23. The number of piperazine rings is 1. The Hall–Kier alpha value is 0.270. The van der Waals surface area contributed by atoms with Crippen LogP contribution in [0.25, 0.3) is 0 Å². The van der Waals surface area contributed by atoms with Gasteiger partial charge in [-0.05, 0) is 50.5 Å². The summed E-state index contributed by atoms with van der Waals surface area (Å²) in [7, 11) is 0. The molecule has 17 heavy (non-hydrogen) atoms. The summed E-state index contributed by atoms with van der Waals surface area (Å²) >= 11 is 2.08. The van der Waals surface area contributed by atoms with E-state index in [1.54, 1.807) is 0 Å². The molecular weight excluding hydrogens is 228 g/mol. The topological polar surface area (TPSA) is 15.3 Å². The highest BCUT2D eigenvalue weighted by atomic mass is 32.2. The van der Waals surface area contributed by atoms with Crippen LogP contribution in [-0.2, 0) is 0 Å². The lowest BCUT2D eigenvalue weighted by Gasteiger charge is -2.44. The summed E-state index contributed by atoms with van der Waals surface area (Å²) in [4.78, 5) is 2.71. The van der Waals surface area contributed by atoms with E-state index in [1.807, 2.05) is 0 Å². The average molecular weight is 256 g/mol. The Morgan fingerprint density at radius 2 is 2.24 bits per heavy atom. The molecule has 1 aliphatic heterocycles.